The van der Waals surface area contributed by atoms with E-state index in [0.717, 1.165) is 0 Å². The maximum absolute atomic E-state index is 11.7. The Bertz CT molecular complexity index is 493. The standard InChI is InChI=1S/C13H17ClN2O4/c1-3-4-10(12(17)18)16-13(19)15-8-5-6-11(20-2)9(14)7-8/h5-7,10H,3-4H2,1-2H3,(H,17,18)(H2,15,16,19). The molecule has 110 valence electrons. The van der Waals surface area contributed by atoms with Gasteiger partial charge >= 0.3 is 12.0 Å². The fourth-order valence-electron chi connectivity index (χ4n) is 1.62. The molecule has 0 heterocycles. The van der Waals surface area contributed by atoms with E-state index in [-0.39, 0.29) is 0 Å². The van der Waals surface area contributed by atoms with Crippen LogP contribution in [0.2, 0.25) is 5.02 Å². The van der Waals surface area contributed by atoms with Crippen molar-refractivity contribution in [1.82, 2.24) is 5.32 Å². The molecular weight excluding hydrogens is 284 g/mol. The number of halogens is 1. The molecule has 0 aliphatic carbocycles. The van der Waals surface area contributed by atoms with E-state index in [2.05, 4.69) is 10.6 Å². The highest BCUT2D eigenvalue weighted by Crippen LogP contribution is 2.27. The van der Waals surface area contributed by atoms with Crippen molar-refractivity contribution in [2.45, 2.75) is 25.8 Å². The average molecular weight is 301 g/mol. The third-order valence-corrected chi connectivity index (χ3v) is 2.89. The van der Waals surface area contributed by atoms with E-state index in [9.17, 15) is 9.59 Å². The lowest BCUT2D eigenvalue weighted by atomic mass is 10.2. The van der Waals surface area contributed by atoms with Gasteiger partial charge in [-0.2, -0.15) is 0 Å². The van der Waals surface area contributed by atoms with E-state index in [4.69, 9.17) is 21.4 Å². The van der Waals surface area contributed by atoms with Gasteiger partial charge in [0.2, 0.25) is 0 Å². The number of hydrogen-bond acceptors (Lipinski definition) is 3. The first-order chi connectivity index (χ1) is 9.47. The normalized spacial score (nSPS) is 11.6. The Balaban J connectivity index is 2.66. The summed E-state index contributed by atoms with van der Waals surface area (Å²) in [5.74, 6) is -0.568. The Morgan fingerprint density at radius 2 is 2.15 bits per heavy atom. The van der Waals surface area contributed by atoms with Gasteiger partial charge in [-0.1, -0.05) is 24.9 Å². The number of carbonyl (C=O) groups is 2. The number of carbonyl (C=O) groups excluding carboxylic acids is 1. The smallest absolute Gasteiger partial charge is 0.326 e. The van der Waals surface area contributed by atoms with Gasteiger partial charge in [0, 0.05) is 5.69 Å². The van der Waals surface area contributed by atoms with E-state index in [0.29, 0.717) is 29.3 Å². The van der Waals surface area contributed by atoms with Crippen LogP contribution in [0.3, 0.4) is 0 Å². The van der Waals surface area contributed by atoms with E-state index >= 15 is 0 Å². The molecule has 0 spiro atoms. The number of nitrogens with one attached hydrogen (secondary N) is 2. The topological polar surface area (TPSA) is 87.7 Å². The van der Waals surface area contributed by atoms with Crippen LogP contribution in [-0.4, -0.2) is 30.3 Å². The molecule has 1 aromatic carbocycles. The van der Waals surface area contributed by atoms with Crippen LogP contribution in [-0.2, 0) is 4.79 Å². The number of ether oxygens (including phenoxy) is 1. The number of methoxy groups -OCH3 is 1. The second-order valence-corrected chi connectivity index (χ2v) is 4.53. The van der Waals surface area contributed by atoms with Crippen molar-refractivity contribution in [3.8, 4) is 5.75 Å². The van der Waals surface area contributed by atoms with Crippen LogP contribution >= 0.6 is 11.6 Å². The van der Waals surface area contributed by atoms with Crippen LogP contribution in [0.5, 0.6) is 5.75 Å². The molecule has 7 heteroatoms. The van der Waals surface area contributed by atoms with Gasteiger partial charge in [-0.05, 0) is 24.6 Å². The van der Waals surface area contributed by atoms with Crippen molar-refractivity contribution in [3.63, 3.8) is 0 Å². The minimum Gasteiger partial charge on any atom is -0.495 e. The number of aliphatic carboxylic acids is 1. The molecule has 0 bridgehead atoms. The van der Waals surface area contributed by atoms with Crippen molar-refractivity contribution in [3.05, 3.63) is 23.2 Å². The van der Waals surface area contributed by atoms with E-state index < -0.39 is 18.0 Å². The van der Waals surface area contributed by atoms with Crippen LogP contribution in [0.15, 0.2) is 18.2 Å². The minimum atomic E-state index is -1.06. The Morgan fingerprint density at radius 1 is 1.45 bits per heavy atom. The third kappa shape index (κ3) is 4.62. The molecule has 1 rings (SSSR count). The number of benzene rings is 1. The third-order valence-electron chi connectivity index (χ3n) is 2.59. The summed E-state index contributed by atoms with van der Waals surface area (Å²) >= 11 is 5.93. The molecular formula is C13H17ClN2O4. The van der Waals surface area contributed by atoms with Crippen molar-refractivity contribution in [1.29, 1.82) is 0 Å². The molecule has 1 atom stereocenters. The minimum absolute atomic E-state index is 0.355. The number of rotatable bonds is 6. The maximum Gasteiger partial charge on any atom is 0.326 e. The molecule has 6 nitrogen and oxygen atoms in total. The molecule has 0 radical (unpaired) electrons. The van der Waals surface area contributed by atoms with E-state index in [1.807, 2.05) is 6.92 Å². The number of urea groups is 1. The lowest BCUT2D eigenvalue weighted by molar-refractivity contribution is -0.139. The summed E-state index contributed by atoms with van der Waals surface area (Å²) in [7, 11) is 1.49. The summed E-state index contributed by atoms with van der Waals surface area (Å²) < 4.78 is 4.99. The Hall–Kier alpha value is -1.95. The summed E-state index contributed by atoms with van der Waals surface area (Å²) in [6, 6.07) is 3.24. The van der Waals surface area contributed by atoms with Crippen LogP contribution in [0.4, 0.5) is 10.5 Å². The lowest BCUT2D eigenvalue weighted by Gasteiger charge is -2.14. The maximum atomic E-state index is 11.7. The summed E-state index contributed by atoms with van der Waals surface area (Å²) in [4.78, 5) is 22.6. The SMILES string of the molecule is CCCC(NC(=O)Nc1ccc(OC)c(Cl)c1)C(=O)O. The summed E-state index contributed by atoms with van der Waals surface area (Å²) in [6.45, 7) is 1.85. The number of carboxylic acid groups (broad SMARTS) is 1. The average Bonchev–Trinajstić information content (AvgIpc) is 2.38. The van der Waals surface area contributed by atoms with Gasteiger partial charge in [-0.25, -0.2) is 9.59 Å². The first-order valence-electron chi connectivity index (χ1n) is 6.11. The molecule has 0 saturated carbocycles. The highest BCUT2D eigenvalue weighted by molar-refractivity contribution is 6.32. The lowest BCUT2D eigenvalue weighted by Crippen LogP contribution is -2.42. The second kappa shape index (κ2) is 7.59. The summed E-state index contributed by atoms with van der Waals surface area (Å²) in [5, 5.41) is 14.2. The number of hydrogen-bond donors (Lipinski definition) is 3. The molecule has 0 saturated heterocycles. The molecule has 0 aliphatic rings. The van der Waals surface area contributed by atoms with Crippen LogP contribution in [0, 0.1) is 0 Å². The van der Waals surface area contributed by atoms with E-state index in [1.54, 1.807) is 12.1 Å². The highest BCUT2D eigenvalue weighted by Gasteiger charge is 2.18. The van der Waals surface area contributed by atoms with Gasteiger partial charge in [-0.3, -0.25) is 0 Å². The Morgan fingerprint density at radius 3 is 2.65 bits per heavy atom. The monoisotopic (exact) mass is 300 g/mol. The zero-order chi connectivity index (χ0) is 15.1. The predicted octanol–water partition coefficient (Wildman–Crippen LogP) is 2.72. The fourth-order valence-corrected chi connectivity index (χ4v) is 1.87. The molecule has 0 aliphatic heterocycles. The van der Waals surface area contributed by atoms with Gasteiger partial charge in [0.15, 0.2) is 0 Å². The second-order valence-electron chi connectivity index (χ2n) is 4.13. The Labute approximate surface area is 122 Å². The molecule has 0 aromatic heterocycles. The molecule has 0 fully saturated rings. The van der Waals surface area contributed by atoms with Crippen LogP contribution < -0.4 is 15.4 Å². The van der Waals surface area contributed by atoms with Crippen LogP contribution in [0.1, 0.15) is 19.8 Å². The molecule has 2 amide bonds. The Kier molecular flexibility index (Phi) is 6.11. The molecule has 1 aromatic rings. The zero-order valence-corrected chi connectivity index (χ0v) is 12.0. The van der Waals surface area contributed by atoms with E-state index in [1.165, 1.54) is 13.2 Å². The first-order valence-corrected chi connectivity index (χ1v) is 6.49. The quantitative estimate of drug-likeness (QED) is 0.754. The molecule has 3 N–H and O–H groups in total. The van der Waals surface area contributed by atoms with Gasteiger partial charge in [0.1, 0.15) is 11.8 Å². The number of amides is 2. The molecule has 1 unspecified atom stereocenters. The summed E-state index contributed by atoms with van der Waals surface area (Å²) in [6.07, 6.45) is 1.03. The van der Waals surface area contributed by atoms with Gasteiger partial charge in [0.05, 0.1) is 12.1 Å². The highest BCUT2D eigenvalue weighted by atomic mass is 35.5. The van der Waals surface area contributed by atoms with Crippen molar-refractivity contribution in [2.24, 2.45) is 0 Å². The van der Waals surface area contributed by atoms with Crippen LogP contribution in [0.25, 0.3) is 0 Å². The summed E-state index contributed by atoms with van der Waals surface area (Å²) in [5.41, 5.74) is 0.453. The van der Waals surface area contributed by atoms with Crippen molar-refractivity contribution < 1.29 is 19.4 Å². The van der Waals surface area contributed by atoms with Gasteiger partial charge < -0.3 is 20.5 Å². The zero-order valence-electron chi connectivity index (χ0n) is 11.3. The number of anilines is 1. The molecule has 20 heavy (non-hydrogen) atoms. The predicted molar refractivity (Wildman–Crippen MR) is 76.5 cm³/mol. The van der Waals surface area contributed by atoms with Gasteiger partial charge in [0.25, 0.3) is 0 Å². The fraction of sp³-hybridized carbons (Fsp3) is 0.385. The van der Waals surface area contributed by atoms with Crippen molar-refractivity contribution >= 4 is 29.3 Å². The van der Waals surface area contributed by atoms with Crippen molar-refractivity contribution in [2.75, 3.05) is 12.4 Å². The number of carboxylic acids is 1. The van der Waals surface area contributed by atoms with Gasteiger partial charge in [-0.15, -0.1) is 0 Å². The largest absolute Gasteiger partial charge is 0.495 e. The first kappa shape index (κ1) is 16.1.